The lowest BCUT2D eigenvalue weighted by molar-refractivity contribution is -0.116. The summed E-state index contributed by atoms with van der Waals surface area (Å²) in [7, 11) is 0. The molecule has 1 amide bonds. The van der Waals surface area contributed by atoms with Crippen LogP contribution in [-0.4, -0.2) is 17.6 Å². The second-order valence-corrected chi connectivity index (χ2v) is 5.17. The molecule has 0 radical (unpaired) electrons. The van der Waals surface area contributed by atoms with Gasteiger partial charge in [-0.15, -0.1) is 0 Å². The molecule has 18 heavy (non-hydrogen) atoms. The minimum absolute atomic E-state index is 0.0787. The monoisotopic (exact) mass is 271 g/mol. The Hall–Kier alpha value is -0.770. The molecule has 0 saturated heterocycles. The highest BCUT2D eigenvalue weighted by Gasteiger charge is 1.97. The van der Waals surface area contributed by atoms with Crippen LogP contribution >= 0.6 is 11.8 Å². The molecule has 0 saturated carbocycles. The van der Waals surface area contributed by atoms with Gasteiger partial charge in [-0.25, -0.2) is 0 Å². The number of amides is 1. The van der Waals surface area contributed by atoms with Crippen molar-refractivity contribution in [1.82, 2.24) is 5.32 Å². The maximum Gasteiger partial charge on any atom is 0.244 e. The quantitative estimate of drug-likeness (QED) is 0.487. The molecule has 0 unspecified atom stereocenters. The van der Waals surface area contributed by atoms with Gasteiger partial charge in [-0.2, -0.15) is 0 Å². The van der Waals surface area contributed by atoms with Crippen LogP contribution < -0.4 is 5.32 Å². The van der Waals surface area contributed by atoms with Gasteiger partial charge in [-0.3, -0.25) is 9.59 Å². The number of carbonyl (C=O) groups excluding carboxylic acids is 2. The average molecular weight is 271 g/mol. The summed E-state index contributed by atoms with van der Waals surface area (Å²) in [6.07, 6.45) is 9.23. The van der Waals surface area contributed by atoms with Crippen molar-refractivity contribution in [3.8, 4) is 0 Å². The van der Waals surface area contributed by atoms with Crippen LogP contribution in [-0.2, 0) is 9.59 Å². The molecule has 0 bridgehead atoms. The van der Waals surface area contributed by atoms with Crippen LogP contribution in [0.4, 0.5) is 0 Å². The van der Waals surface area contributed by atoms with Gasteiger partial charge in [-0.1, -0.05) is 57.7 Å². The van der Waals surface area contributed by atoms with Crippen LogP contribution in [0.2, 0.25) is 0 Å². The zero-order chi connectivity index (χ0) is 13.6. The van der Waals surface area contributed by atoms with Crippen molar-refractivity contribution in [2.45, 2.75) is 58.8 Å². The largest absolute Gasteiger partial charge is 0.353 e. The third-order valence-corrected chi connectivity index (χ3v) is 3.36. The van der Waals surface area contributed by atoms with Crippen molar-refractivity contribution in [3.63, 3.8) is 0 Å². The first-order valence-corrected chi connectivity index (χ1v) is 7.72. The molecule has 0 atom stereocenters. The molecule has 0 aromatic heterocycles. The Kier molecular flexibility index (Phi) is 12.1. The lowest BCUT2D eigenvalue weighted by Gasteiger charge is -2.02. The maximum absolute atomic E-state index is 11.3. The first-order chi connectivity index (χ1) is 8.70. The van der Waals surface area contributed by atoms with E-state index in [0.29, 0.717) is 6.42 Å². The molecule has 104 valence electrons. The minimum Gasteiger partial charge on any atom is -0.353 e. The molecule has 4 heteroatoms. The van der Waals surface area contributed by atoms with Gasteiger partial charge in [0.25, 0.3) is 0 Å². The lowest BCUT2D eigenvalue weighted by Crippen LogP contribution is -2.21. The number of unbranched alkanes of at least 4 members (excludes halogenated alkanes) is 5. The van der Waals surface area contributed by atoms with Crippen LogP contribution in [0.15, 0.2) is 11.5 Å². The molecule has 1 N–H and O–H groups in total. The second kappa shape index (κ2) is 12.7. The van der Waals surface area contributed by atoms with Crippen molar-refractivity contribution >= 4 is 22.8 Å². The number of rotatable bonds is 10. The number of hydrogen-bond acceptors (Lipinski definition) is 3. The molecule has 0 aliphatic rings. The van der Waals surface area contributed by atoms with Crippen molar-refractivity contribution in [1.29, 1.82) is 0 Å². The predicted octanol–water partition coefficient (Wildman–Crippen LogP) is 3.65. The average Bonchev–Trinajstić information content (AvgIpc) is 2.37. The zero-order valence-electron chi connectivity index (χ0n) is 11.5. The fraction of sp³-hybridized carbons (Fsp3) is 0.714. The number of thioether (sulfide) groups is 1. The molecule has 0 fully saturated rings. The third-order valence-electron chi connectivity index (χ3n) is 2.54. The Labute approximate surface area is 115 Å². The Bertz CT molecular complexity index is 265. The predicted molar refractivity (Wildman–Crippen MR) is 78.4 cm³/mol. The molecule has 0 rings (SSSR count). The summed E-state index contributed by atoms with van der Waals surface area (Å²) < 4.78 is 0. The topological polar surface area (TPSA) is 46.2 Å². The minimum atomic E-state index is -0.111. The Morgan fingerprint density at radius 1 is 1.06 bits per heavy atom. The van der Waals surface area contributed by atoms with Crippen LogP contribution in [0.1, 0.15) is 58.8 Å². The first-order valence-electron chi connectivity index (χ1n) is 6.84. The van der Waals surface area contributed by atoms with Crippen LogP contribution in [0.25, 0.3) is 0 Å². The zero-order valence-corrected chi connectivity index (χ0v) is 12.4. The van der Waals surface area contributed by atoms with Crippen molar-refractivity contribution in [3.05, 3.63) is 11.5 Å². The van der Waals surface area contributed by atoms with Crippen LogP contribution in [0.3, 0.4) is 0 Å². The molecular weight excluding hydrogens is 246 g/mol. The normalized spacial score (nSPS) is 10.8. The third kappa shape index (κ3) is 11.7. The van der Waals surface area contributed by atoms with E-state index >= 15 is 0 Å². The van der Waals surface area contributed by atoms with Gasteiger partial charge in [0.2, 0.25) is 5.91 Å². The second-order valence-electron chi connectivity index (χ2n) is 4.20. The van der Waals surface area contributed by atoms with E-state index < -0.39 is 0 Å². The lowest BCUT2D eigenvalue weighted by atomic mass is 10.1. The highest BCUT2D eigenvalue weighted by molar-refractivity contribution is 8.16. The van der Waals surface area contributed by atoms with E-state index in [1.807, 2.05) is 6.92 Å². The number of carbonyl (C=O) groups is 2. The fourth-order valence-electron chi connectivity index (χ4n) is 1.43. The van der Waals surface area contributed by atoms with E-state index in [0.717, 1.165) is 24.7 Å². The first kappa shape index (κ1) is 17.2. The molecule has 3 nitrogen and oxygen atoms in total. The number of hydrogen-bond donors (Lipinski definition) is 1. The van der Waals surface area contributed by atoms with E-state index in [1.54, 1.807) is 5.41 Å². The SMILES string of the molecule is CCCCCCCCNC(=O)C=CSC(=O)CC. The summed E-state index contributed by atoms with van der Waals surface area (Å²) in [6.45, 7) is 4.73. The standard InChI is InChI=1S/C14H25NO2S/c1-3-5-6-7-8-9-11-15-13(16)10-12-18-14(17)4-2/h10,12H,3-9,11H2,1-2H3,(H,15,16). The molecule has 0 aromatic carbocycles. The van der Waals surface area contributed by atoms with E-state index in [1.165, 1.54) is 38.2 Å². The Morgan fingerprint density at radius 2 is 1.72 bits per heavy atom. The summed E-state index contributed by atoms with van der Waals surface area (Å²) in [5.74, 6) is -0.111. The van der Waals surface area contributed by atoms with Gasteiger partial charge >= 0.3 is 0 Å². The Balaban J connectivity index is 3.39. The number of nitrogens with one attached hydrogen (secondary N) is 1. The Morgan fingerprint density at radius 3 is 2.39 bits per heavy atom. The van der Waals surface area contributed by atoms with E-state index in [2.05, 4.69) is 12.2 Å². The summed E-state index contributed by atoms with van der Waals surface area (Å²) >= 11 is 1.08. The maximum atomic E-state index is 11.3. The molecule has 0 aliphatic heterocycles. The van der Waals surface area contributed by atoms with Crippen molar-refractivity contribution in [2.24, 2.45) is 0 Å². The smallest absolute Gasteiger partial charge is 0.244 e. The molecule has 0 spiro atoms. The van der Waals surface area contributed by atoms with Crippen LogP contribution in [0.5, 0.6) is 0 Å². The van der Waals surface area contributed by atoms with Gasteiger partial charge in [0.1, 0.15) is 0 Å². The molecule has 0 heterocycles. The van der Waals surface area contributed by atoms with Crippen molar-refractivity contribution in [2.75, 3.05) is 6.54 Å². The highest BCUT2D eigenvalue weighted by atomic mass is 32.2. The van der Waals surface area contributed by atoms with Gasteiger partial charge < -0.3 is 5.32 Å². The summed E-state index contributed by atoms with van der Waals surface area (Å²) in [4.78, 5) is 22.3. The van der Waals surface area contributed by atoms with Crippen LogP contribution in [0, 0.1) is 0 Å². The highest BCUT2D eigenvalue weighted by Crippen LogP contribution is 2.06. The van der Waals surface area contributed by atoms with Gasteiger partial charge in [0.15, 0.2) is 5.12 Å². The molecular formula is C14H25NO2S. The fourth-order valence-corrected chi connectivity index (χ4v) is 1.94. The molecule has 0 aliphatic carbocycles. The van der Waals surface area contributed by atoms with Gasteiger partial charge in [0.05, 0.1) is 0 Å². The van der Waals surface area contributed by atoms with E-state index in [9.17, 15) is 9.59 Å². The summed E-state index contributed by atoms with van der Waals surface area (Å²) in [5.41, 5.74) is 0. The van der Waals surface area contributed by atoms with E-state index in [-0.39, 0.29) is 11.0 Å². The van der Waals surface area contributed by atoms with Gasteiger partial charge in [0, 0.05) is 19.0 Å². The van der Waals surface area contributed by atoms with Crippen molar-refractivity contribution < 1.29 is 9.59 Å². The van der Waals surface area contributed by atoms with E-state index in [4.69, 9.17) is 0 Å². The molecule has 0 aromatic rings. The summed E-state index contributed by atoms with van der Waals surface area (Å²) in [6, 6.07) is 0. The summed E-state index contributed by atoms with van der Waals surface area (Å²) in [5, 5.41) is 4.45. The van der Waals surface area contributed by atoms with Gasteiger partial charge in [-0.05, 0) is 11.8 Å².